The molecule has 3 aliphatic heterocycles. The average Bonchev–Trinajstić information content (AvgIpc) is 3.74. The number of esters is 1. The highest BCUT2D eigenvalue weighted by atomic mass is 28.4. The van der Waals surface area contributed by atoms with Crippen LogP contribution in [0.1, 0.15) is 174 Å². The number of ether oxygens (including phenoxy) is 5. The molecule has 61 heavy (non-hydrogen) atoms. The second kappa shape index (κ2) is 22.1. The second-order valence-corrected chi connectivity index (χ2v) is 27.5. The molecule has 0 aliphatic carbocycles. The van der Waals surface area contributed by atoms with Crippen LogP contribution in [0.15, 0.2) is 24.0 Å². The van der Waals surface area contributed by atoms with Crippen molar-refractivity contribution in [2.45, 2.75) is 240 Å². The summed E-state index contributed by atoms with van der Waals surface area (Å²) in [5.41, 5.74) is -0.660. The van der Waals surface area contributed by atoms with Gasteiger partial charge >= 0.3 is 5.97 Å². The summed E-state index contributed by atoms with van der Waals surface area (Å²) in [5.74, 6) is 0.395. The first kappa shape index (κ1) is 53.8. The van der Waals surface area contributed by atoms with Crippen LogP contribution in [0.2, 0.25) is 18.1 Å². The fraction of sp³-hybridized carbons (Fsp3) is 0.882. The van der Waals surface area contributed by atoms with Gasteiger partial charge in [0.15, 0.2) is 19.9 Å². The molecule has 3 fully saturated rings. The summed E-state index contributed by atoms with van der Waals surface area (Å²) in [6, 6.07) is 0. The Morgan fingerprint density at radius 2 is 1.49 bits per heavy atom. The summed E-state index contributed by atoms with van der Waals surface area (Å²) in [7, 11) is -0.513. The lowest BCUT2D eigenvalue weighted by molar-refractivity contribution is -0.328. The van der Waals surface area contributed by atoms with Crippen molar-refractivity contribution < 1.29 is 42.8 Å². The van der Waals surface area contributed by atoms with Crippen LogP contribution < -0.4 is 0 Å². The van der Waals surface area contributed by atoms with E-state index in [-0.39, 0.29) is 87.9 Å². The average molecular weight is 877 g/mol. The molecule has 0 saturated carbocycles. The normalized spacial score (nSPS) is 32.3. The molecule has 0 unspecified atom stereocenters. The fourth-order valence-corrected chi connectivity index (χ4v) is 11.4. The van der Waals surface area contributed by atoms with Crippen molar-refractivity contribution in [2.24, 2.45) is 41.4 Å². The third-order valence-corrected chi connectivity index (χ3v) is 19.7. The van der Waals surface area contributed by atoms with Crippen molar-refractivity contribution in [3.63, 3.8) is 0 Å². The lowest BCUT2D eigenvalue weighted by Gasteiger charge is -2.47. The molecule has 0 radical (unpaired) electrons. The molecule has 9 nitrogen and oxygen atoms in total. The SMILES string of the molecule is COC(=O)CC[C@@H](C)C[C@H](C)C[C@H](C)C(=O)/C=C(/O)[C@H](C)C[C@H](C)C/C=C/[C@@H](C)[C@H]1OC(C)(C)O[C@@H](C[C@@H]2CC[C@@](C)([C@H]3CC[C@@](C)([C@@H](C)O[Si](C)(C)C(C)(C)C)O3)O2)[C@@H]1C. The van der Waals surface area contributed by atoms with Crippen LogP contribution in [0.5, 0.6) is 0 Å². The zero-order valence-corrected chi connectivity index (χ0v) is 43.2. The molecule has 1 N–H and O–H groups in total. The molecule has 3 rings (SSSR count). The van der Waals surface area contributed by atoms with E-state index in [9.17, 15) is 14.7 Å². The van der Waals surface area contributed by atoms with Gasteiger partial charge in [-0.25, -0.2) is 0 Å². The van der Waals surface area contributed by atoms with Crippen LogP contribution in [-0.2, 0) is 37.7 Å². The predicted octanol–water partition coefficient (Wildman–Crippen LogP) is 12.7. The number of ketones is 1. The first-order chi connectivity index (χ1) is 28.0. The van der Waals surface area contributed by atoms with Crippen molar-refractivity contribution in [3.8, 4) is 0 Å². The minimum atomic E-state index is -1.93. The predicted molar refractivity (Wildman–Crippen MR) is 250 cm³/mol. The Morgan fingerprint density at radius 3 is 2.11 bits per heavy atom. The van der Waals surface area contributed by atoms with Crippen molar-refractivity contribution in [1.82, 2.24) is 0 Å². The zero-order chi connectivity index (χ0) is 46.3. The largest absolute Gasteiger partial charge is 0.512 e. The van der Waals surface area contributed by atoms with Gasteiger partial charge in [0.05, 0.1) is 54.6 Å². The number of hydrogen-bond donors (Lipinski definition) is 1. The summed E-state index contributed by atoms with van der Waals surface area (Å²) in [6.45, 7) is 37.2. The minimum Gasteiger partial charge on any atom is -0.512 e. The van der Waals surface area contributed by atoms with E-state index >= 15 is 0 Å². The summed E-state index contributed by atoms with van der Waals surface area (Å²) in [4.78, 5) is 24.5. The summed E-state index contributed by atoms with van der Waals surface area (Å²) >= 11 is 0. The van der Waals surface area contributed by atoms with Crippen molar-refractivity contribution in [3.05, 3.63) is 24.0 Å². The third-order valence-electron chi connectivity index (χ3n) is 15.1. The first-order valence-electron chi connectivity index (χ1n) is 24.1. The molecule has 0 aromatic heterocycles. The monoisotopic (exact) mass is 877 g/mol. The Bertz CT molecular complexity index is 1470. The lowest BCUT2D eigenvalue weighted by Crippen LogP contribution is -2.53. The Hall–Kier alpha value is -1.56. The Morgan fingerprint density at radius 1 is 0.852 bits per heavy atom. The van der Waals surface area contributed by atoms with Gasteiger partial charge in [0.2, 0.25) is 0 Å². The number of allylic oxidation sites excluding steroid dienone is 3. The summed E-state index contributed by atoms with van der Waals surface area (Å²) in [5, 5.41) is 11.1. The molecule has 354 valence electrons. The number of rotatable bonds is 22. The Labute approximate surface area is 374 Å². The second-order valence-electron chi connectivity index (χ2n) is 22.7. The molecule has 0 bridgehead atoms. The van der Waals surface area contributed by atoms with E-state index in [4.69, 9.17) is 28.1 Å². The number of aliphatic hydroxyl groups is 1. The molecule has 3 aliphatic rings. The highest BCUT2D eigenvalue weighted by Gasteiger charge is 2.54. The van der Waals surface area contributed by atoms with Gasteiger partial charge in [-0.1, -0.05) is 81.4 Å². The van der Waals surface area contributed by atoms with Gasteiger partial charge in [-0.15, -0.1) is 0 Å². The maximum atomic E-state index is 13.0. The maximum Gasteiger partial charge on any atom is 0.305 e. The van der Waals surface area contributed by atoms with Crippen LogP contribution in [0.4, 0.5) is 0 Å². The smallest absolute Gasteiger partial charge is 0.305 e. The summed E-state index contributed by atoms with van der Waals surface area (Å²) < 4.78 is 38.7. The van der Waals surface area contributed by atoms with E-state index in [0.29, 0.717) is 24.2 Å². The van der Waals surface area contributed by atoms with E-state index in [1.165, 1.54) is 13.2 Å². The highest BCUT2D eigenvalue weighted by molar-refractivity contribution is 6.74. The number of aliphatic hydroxyl groups excluding tert-OH is 1. The van der Waals surface area contributed by atoms with Crippen LogP contribution >= 0.6 is 0 Å². The van der Waals surface area contributed by atoms with Crippen molar-refractivity contribution in [2.75, 3.05) is 7.11 Å². The van der Waals surface area contributed by atoms with Gasteiger partial charge in [0.1, 0.15) is 0 Å². The van der Waals surface area contributed by atoms with E-state index < -0.39 is 14.1 Å². The van der Waals surface area contributed by atoms with Crippen molar-refractivity contribution in [1.29, 1.82) is 0 Å². The highest BCUT2D eigenvalue weighted by Crippen LogP contribution is 2.48. The molecule has 14 atom stereocenters. The van der Waals surface area contributed by atoms with Crippen LogP contribution in [0.3, 0.4) is 0 Å². The molecule has 3 saturated heterocycles. The standard InChI is InChI=1S/C51H92O9Si/c1-33(29-37(5)42(52)32-43(53)38(6)30-35(3)28-34(2)22-23-46(54)55-16)20-19-21-36(4)47-39(7)44(57-49(12,13)59-47)31-41-24-26-51(15,56-41)45-25-27-50(14,58-45)40(8)60-61(17,18)48(9,10)11/h19,21,32-41,44-45,47,52H,20,22-31H2,1-18H3/b21-19+,42-32+/t33-,34-,35+,36-,37-,38+,39+,40-,41+,44+,45-,47-,50+,51+/m1/s1. The van der Waals surface area contributed by atoms with Gasteiger partial charge in [-0.05, 0) is 128 Å². The number of hydrogen-bond acceptors (Lipinski definition) is 9. The Kier molecular flexibility index (Phi) is 19.5. The molecular weight excluding hydrogens is 785 g/mol. The zero-order valence-electron chi connectivity index (χ0n) is 42.2. The molecule has 0 aromatic carbocycles. The molecule has 3 heterocycles. The van der Waals surface area contributed by atoms with Crippen molar-refractivity contribution >= 4 is 20.1 Å². The lowest BCUT2D eigenvalue weighted by atomic mass is 9.84. The topological polar surface area (TPSA) is 110 Å². The van der Waals surface area contributed by atoms with Crippen LogP contribution in [0.25, 0.3) is 0 Å². The molecular formula is C51H92O9Si. The third kappa shape index (κ3) is 15.5. The molecule has 0 spiro atoms. The Balaban J connectivity index is 1.50. The van der Waals surface area contributed by atoms with Gasteiger partial charge in [-0.3, -0.25) is 9.59 Å². The number of methoxy groups -OCH3 is 1. The quantitative estimate of drug-likeness (QED) is 0.0374. The van der Waals surface area contributed by atoms with Crippen LogP contribution in [0, 0.1) is 41.4 Å². The van der Waals surface area contributed by atoms with E-state index in [1.54, 1.807) is 0 Å². The molecule has 0 amide bonds. The van der Waals surface area contributed by atoms with Crippen LogP contribution in [-0.4, -0.2) is 79.8 Å². The van der Waals surface area contributed by atoms with Gasteiger partial charge < -0.3 is 33.2 Å². The summed E-state index contributed by atoms with van der Waals surface area (Å²) in [6.07, 6.45) is 15.5. The minimum absolute atomic E-state index is 0.000883. The van der Waals surface area contributed by atoms with Gasteiger partial charge in [-0.2, -0.15) is 0 Å². The van der Waals surface area contributed by atoms with E-state index in [1.807, 2.05) is 27.7 Å². The van der Waals surface area contributed by atoms with E-state index in [0.717, 1.165) is 64.2 Å². The maximum absolute atomic E-state index is 13.0. The molecule has 10 heteroatoms. The molecule has 0 aromatic rings. The first-order valence-corrected chi connectivity index (χ1v) is 27.0. The number of carbonyl (C=O) groups is 2. The van der Waals surface area contributed by atoms with Gasteiger partial charge in [0.25, 0.3) is 0 Å². The number of carbonyl (C=O) groups excluding carboxylic acids is 2. The van der Waals surface area contributed by atoms with Gasteiger partial charge in [0, 0.05) is 42.6 Å². The fourth-order valence-electron chi connectivity index (χ4n) is 9.91. The van der Waals surface area contributed by atoms with E-state index in [2.05, 4.69) is 101 Å².